The SMILES string of the molecule is CC(=O)c1ccc(C(=O)N2CCN(c3ccc(OCCCN4CCCCC4)cc3)CC2)s1. The molecule has 6 nitrogen and oxygen atoms in total. The molecule has 2 aliphatic rings. The highest BCUT2D eigenvalue weighted by Crippen LogP contribution is 2.23. The highest BCUT2D eigenvalue weighted by molar-refractivity contribution is 7.15. The summed E-state index contributed by atoms with van der Waals surface area (Å²) in [5.74, 6) is 0.948. The fraction of sp³-hybridized carbons (Fsp3) is 0.520. The second-order valence-electron chi connectivity index (χ2n) is 8.60. The molecule has 0 atom stereocenters. The first-order valence-electron chi connectivity index (χ1n) is 11.7. The minimum atomic E-state index is 0.00768. The van der Waals surface area contributed by atoms with Crippen molar-refractivity contribution in [1.82, 2.24) is 9.80 Å². The molecule has 2 aliphatic heterocycles. The van der Waals surface area contributed by atoms with E-state index in [2.05, 4.69) is 21.9 Å². The second-order valence-corrected chi connectivity index (χ2v) is 9.68. The van der Waals surface area contributed by atoms with Gasteiger partial charge in [0.1, 0.15) is 5.75 Å². The van der Waals surface area contributed by atoms with E-state index in [0.29, 0.717) is 22.8 Å². The van der Waals surface area contributed by atoms with E-state index in [-0.39, 0.29) is 11.7 Å². The summed E-state index contributed by atoms with van der Waals surface area (Å²) in [6.45, 7) is 8.85. The van der Waals surface area contributed by atoms with Crippen molar-refractivity contribution in [3.05, 3.63) is 46.2 Å². The third-order valence-electron chi connectivity index (χ3n) is 6.27. The molecule has 7 heteroatoms. The number of piperazine rings is 1. The average molecular weight is 456 g/mol. The van der Waals surface area contributed by atoms with Crippen LogP contribution >= 0.6 is 11.3 Å². The van der Waals surface area contributed by atoms with Crippen LogP contribution in [-0.4, -0.2) is 73.9 Å². The Morgan fingerprint density at radius 1 is 0.875 bits per heavy atom. The van der Waals surface area contributed by atoms with Crippen molar-refractivity contribution in [1.29, 1.82) is 0 Å². The summed E-state index contributed by atoms with van der Waals surface area (Å²) in [5, 5.41) is 0. The van der Waals surface area contributed by atoms with Crippen LogP contribution in [0.2, 0.25) is 0 Å². The van der Waals surface area contributed by atoms with Crippen molar-refractivity contribution in [3.63, 3.8) is 0 Å². The number of hydrogen-bond donors (Lipinski definition) is 0. The van der Waals surface area contributed by atoms with Crippen molar-refractivity contribution in [2.45, 2.75) is 32.6 Å². The summed E-state index contributed by atoms with van der Waals surface area (Å²) >= 11 is 1.29. The van der Waals surface area contributed by atoms with E-state index in [1.807, 2.05) is 17.0 Å². The van der Waals surface area contributed by atoms with Crippen LogP contribution in [0.5, 0.6) is 5.75 Å². The third kappa shape index (κ3) is 5.90. The molecular formula is C25H33N3O3S. The van der Waals surface area contributed by atoms with Gasteiger partial charge in [0.2, 0.25) is 0 Å². The fourth-order valence-corrected chi connectivity index (χ4v) is 5.25. The van der Waals surface area contributed by atoms with E-state index in [9.17, 15) is 9.59 Å². The van der Waals surface area contributed by atoms with Gasteiger partial charge in [-0.15, -0.1) is 11.3 Å². The molecule has 0 N–H and O–H groups in total. The van der Waals surface area contributed by atoms with Crippen LogP contribution in [-0.2, 0) is 0 Å². The van der Waals surface area contributed by atoms with Crippen LogP contribution in [0.3, 0.4) is 0 Å². The molecule has 2 fully saturated rings. The number of nitrogens with zero attached hydrogens (tertiary/aromatic N) is 3. The van der Waals surface area contributed by atoms with Gasteiger partial charge in [-0.3, -0.25) is 9.59 Å². The van der Waals surface area contributed by atoms with Gasteiger partial charge in [0, 0.05) is 38.4 Å². The molecule has 172 valence electrons. The van der Waals surface area contributed by atoms with Gasteiger partial charge in [-0.1, -0.05) is 6.42 Å². The lowest BCUT2D eigenvalue weighted by Gasteiger charge is -2.36. The lowest BCUT2D eigenvalue weighted by Crippen LogP contribution is -2.48. The molecule has 1 amide bonds. The van der Waals surface area contributed by atoms with Crippen LogP contribution < -0.4 is 9.64 Å². The number of carbonyl (C=O) groups is 2. The number of ketones is 1. The van der Waals surface area contributed by atoms with E-state index >= 15 is 0 Å². The lowest BCUT2D eigenvalue weighted by molar-refractivity contribution is 0.0751. The largest absolute Gasteiger partial charge is 0.494 e. The van der Waals surface area contributed by atoms with E-state index in [4.69, 9.17) is 4.74 Å². The molecule has 0 bridgehead atoms. The lowest BCUT2D eigenvalue weighted by atomic mass is 10.1. The first-order valence-corrected chi connectivity index (χ1v) is 12.5. The van der Waals surface area contributed by atoms with Crippen molar-refractivity contribution >= 4 is 28.7 Å². The highest BCUT2D eigenvalue weighted by atomic mass is 32.1. The van der Waals surface area contributed by atoms with Crippen LogP contribution in [0.4, 0.5) is 5.69 Å². The third-order valence-corrected chi connectivity index (χ3v) is 7.44. The van der Waals surface area contributed by atoms with Crippen LogP contribution in [0.1, 0.15) is 52.0 Å². The minimum Gasteiger partial charge on any atom is -0.494 e. The van der Waals surface area contributed by atoms with Gasteiger partial charge >= 0.3 is 0 Å². The van der Waals surface area contributed by atoms with Crippen LogP contribution in [0, 0.1) is 0 Å². The molecule has 1 aromatic carbocycles. The number of Topliss-reactive ketones (excluding diaryl/α,β-unsaturated/α-hetero) is 1. The summed E-state index contributed by atoms with van der Waals surface area (Å²) in [7, 11) is 0. The predicted octanol–water partition coefficient (Wildman–Crippen LogP) is 4.17. The van der Waals surface area contributed by atoms with Gasteiger partial charge < -0.3 is 19.4 Å². The molecule has 2 aromatic rings. The molecule has 3 heterocycles. The number of amides is 1. The molecule has 0 spiro atoms. The summed E-state index contributed by atoms with van der Waals surface area (Å²) in [6.07, 6.45) is 5.11. The summed E-state index contributed by atoms with van der Waals surface area (Å²) in [4.78, 5) is 32.2. The molecule has 4 rings (SSSR count). The quantitative estimate of drug-likeness (QED) is 0.442. The zero-order chi connectivity index (χ0) is 22.3. The topological polar surface area (TPSA) is 53.1 Å². The molecule has 32 heavy (non-hydrogen) atoms. The second kappa shape index (κ2) is 11.0. The number of thiophene rings is 1. The van der Waals surface area contributed by atoms with E-state index in [0.717, 1.165) is 44.1 Å². The summed E-state index contributed by atoms with van der Waals surface area (Å²) in [5.41, 5.74) is 1.16. The Bertz CT molecular complexity index is 897. The molecule has 1 aromatic heterocycles. The normalized spacial score (nSPS) is 17.4. The number of anilines is 1. The van der Waals surface area contributed by atoms with Crippen molar-refractivity contribution < 1.29 is 14.3 Å². The van der Waals surface area contributed by atoms with Crippen LogP contribution in [0.15, 0.2) is 36.4 Å². The van der Waals surface area contributed by atoms with Gasteiger partial charge in [0.25, 0.3) is 5.91 Å². The minimum absolute atomic E-state index is 0.00768. The summed E-state index contributed by atoms with van der Waals surface area (Å²) < 4.78 is 5.93. The van der Waals surface area contributed by atoms with Gasteiger partial charge in [-0.05, 0) is 75.7 Å². The highest BCUT2D eigenvalue weighted by Gasteiger charge is 2.24. The Morgan fingerprint density at radius 2 is 1.56 bits per heavy atom. The maximum atomic E-state index is 12.7. The number of carbonyl (C=O) groups excluding carboxylic acids is 2. The Morgan fingerprint density at radius 3 is 2.22 bits per heavy atom. The Hall–Kier alpha value is -2.38. The van der Waals surface area contributed by atoms with Crippen molar-refractivity contribution in [2.24, 2.45) is 0 Å². The van der Waals surface area contributed by atoms with Crippen molar-refractivity contribution in [3.8, 4) is 5.75 Å². The van der Waals surface area contributed by atoms with Gasteiger partial charge in [0.05, 0.1) is 16.4 Å². The van der Waals surface area contributed by atoms with Crippen LogP contribution in [0.25, 0.3) is 0 Å². The smallest absolute Gasteiger partial charge is 0.264 e. The van der Waals surface area contributed by atoms with Gasteiger partial charge in [0.15, 0.2) is 5.78 Å². The number of piperidine rings is 1. The fourth-order valence-electron chi connectivity index (χ4n) is 4.38. The number of ether oxygens (including phenoxy) is 1. The molecule has 0 radical (unpaired) electrons. The predicted molar refractivity (Wildman–Crippen MR) is 129 cm³/mol. The molecule has 0 saturated carbocycles. The zero-order valence-electron chi connectivity index (χ0n) is 18.9. The molecule has 0 aliphatic carbocycles. The Kier molecular flexibility index (Phi) is 7.81. The van der Waals surface area contributed by atoms with E-state index in [1.165, 1.54) is 50.6 Å². The molecule has 2 saturated heterocycles. The number of likely N-dealkylation sites (tertiary alicyclic amines) is 1. The Balaban J connectivity index is 1.20. The summed E-state index contributed by atoms with van der Waals surface area (Å²) in [6, 6.07) is 11.8. The molecule has 0 unspecified atom stereocenters. The van der Waals surface area contributed by atoms with E-state index in [1.54, 1.807) is 12.1 Å². The average Bonchev–Trinajstić information content (AvgIpc) is 3.33. The van der Waals surface area contributed by atoms with Crippen molar-refractivity contribution in [2.75, 3.05) is 57.3 Å². The number of rotatable bonds is 8. The maximum Gasteiger partial charge on any atom is 0.264 e. The number of hydrogen-bond acceptors (Lipinski definition) is 6. The first-order chi connectivity index (χ1) is 15.6. The maximum absolute atomic E-state index is 12.7. The molecular weight excluding hydrogens is 422 g/mol. The first kappa shape index (κ1) is 22.8. The zero-order valence-corrected chi connectivity index (χ0v) is 19.7. The van der Waals surface area contributed by atoms with E-state index < -0.39 is 0 Å². The van der Waals surface area contributed by atoms with Gasteiger partial charge in [-0.25, -0.2) is 0 Å². The number of benzene rings is 1. The monoisotopic (exact) mass is 455 g/mol. The van der Waals surface area contributed by atoms with Gasteiger partial charge in [-0.2, -0.15) is 0 Å². The standard InChI is InChI=1S/C25H33N3O3S/c1-20(29)23-10-11-24(32-23)25(30)28-17-15-27(16-18-28)21-6-8-22(9-7-21)31-19-5-14-26-12-3-2-4-13-26/h6-11H,2-5,12-19H2,1H3. The Labute approximate surface area is 194 Å².